The molecule has 0 aliphatic carbocycles. The first kappa shape index (κ1) is 27.7. The highest BCUT2D eigenvalue weighted by Crippen LogP contribution is 2.30. The van der Waals surface area contributed by atoms with Crippen LogP contribution in [0.1, 0.15) is 47.2 Å². The van der Waals surface area contributed by atoms with Gasteiger partial charge in [-0.05, 0) is 74.5 Å². The van der Waals surface area contributed by atoms with Gasteiger partial charge in [0.15, 0.2) is 0 Å². The highest BCUT2D eigenvalue weighted by Gasteiger charge is 2.38. The number of nitrogens with two attached hydrogens (primary N) is 1. The van der Waals surface area contributed by atoms with E-state index in [9.17, 15) is 19.2 Å². The van der Waals surface area contributed by atoms with Crippen molar-refractivity contribution in [3.63, 3.8) is 0 Å². The fraction of sp³-hybridized carbons (Fsp3) is 0.333. The van der Waals surface area contributed by atoms with E-state index in [1.54, 1.807) is 41.3 Å². The predicted octanol–water partition coefficient (Wildman–Crippen LogP) is 3.78. The lowest BCUT2D eigenvalue weighted by atomic mass is 9.83. The van der Waals surface area contributed by atoms with E-state index >= 15 is 0 Å². The van der Waals surface area contributed by atoms with Crippen LogP contribution in [0.2, 0.25) is 0 Å². The molecule has 1 atom stereocenters. The summed E-state index contributed by atoms with van der Waals surface area (Å²) in [5.74, 6) is -0.301. The number of rotatable bonds is 11. The normalized spacial score (nSPS) is 16.8. The van der Waals surface area contributed by atoms with E-state index in [2.05, 4.69) is 16.7 Å². The van der Waals surface area contributed by atoms with Crippen molar-refractivity contribution >= 4 is 18.1 Å². The van der Waals surface area contributed by atoms with Crippen LogP contribution in [-0.4, -0.2) is 53.9 Å². The molecule has 1 radical (unpaired) electrons. The van der Waals surface area contributed by atoms with Gasteiger partial charge >= 0.3 is 6.41 Å². The number of likely N-dealkylation sites (tertiary alicyclic amines) is 1. The van der Waals surface area contributed by atoms with Gasteiger partial charge in [-0.15, -0.1) is 0 Å². The number of carbonyl (C=O) groups is 1. The van der Waals surface area contributed by atoms with Gasteiger partial charge in [0.1, 0.15) is 11.6 Å². The smallest absolute Gasteiger partial charge is 0.312 e. The van der Waals surface area contributed by atoms with Crippen LogP contribution >= 0.6 is 0 Å². The van der Waals surface area contributed by atoms with E-state index in [0.29, 0.717) is 60.7 Å². The van der Waals surface area contributed by atoms with Crippen LogP contribution in [-0.2, 0) is 11.2 Å². The molecule has 0 bridgehead atoms. The number of carbonyl (C=O) groups excluding carboxylic acids is 2. The lowest BCUT2D eigenvalue weighted by Gasteiger charge is -2.45. The van der Waals surface area contributed by atoms with E-state index in [1.165, 1.54) is 12.1 Å². The molecular formula is C30H32FN6O2. The summed E-state index contributed by atoms with van der Waals surface area (Å²) < 4.78 is 13.6. The Kier molecular flexibility index (Phi) is 9.23. The molecule has 8 nitrogen and oxygen atoms in total. The SMILES string of the molecule is N#Cc1ccccc1-c1ccc(C(=O)NC[C@]2(CCN)CCCCN2[C]=O)c(NCCc2cccc(F)c2)n1. The van der Waals surface area contributed by atoms with E-state index in [-0.39, 0.29) is 18.3 Å². The monoisotopic (exact) mass is 527 g/mol. The highest BCUT2D eigenvalue weighted by atomic mass is 19.1. The summed E-state index contributed by atoms with van der Waals surface area (Å²) >= 11 is 0. The second-order valence-corrected chi connectivity index (χ2v) is 9.70. The molecule has 0 unspecified atom stereocenters. The molecule has 1 aromatic heterocycles. The molecular weight excluding hydrogens is 495 g/mol. The number of hydrogen-bond donors (Lipinski definition) is 3. The largest absolute Gasteiger partial charge is 0.369 e. The Bertz CT molecular complexity index is 1350. The molecule has 0 spiro atoms. The highest BCUT2D eigenvalue weighted by molar-refractivity contribution is 5.99. The summed E-state index contributed by atoms with van der Waals surface area (Å²) in [6, 6.07) is 19.1. The Morgan fingerprint density at radius 2 is 2.00 bits per heavy atom. The molecule has 2 aromatic carbocycles. The van der Waals surface area contributed by atoms with Crippen molar-refractivity contribution in [1.82, 2.24) is 15.2 Å². The maximum absolute atomic E-state index is 13.6. The zero-order valence-corrected chi connectivity index (χ0v) is 21.8. The molecule has 201 valence electrons. The van der Waals surface area contributed by atoms with Gasteiger partial charge in [-0.1, -0.05) is 30.3 Å². The number of nitrogens with zero attached hydrogens (tertiary/aromatic N) is 3. The summed E-state index contributed by atoms with van der Waals surface area (Å²) in [6.45, 7) is 1.63. The van der Waals surface area contributed by atoms with Gasteiger partial charge in [0, 0.05) is 25.2 Å². The fourth-order valence-corrected chi connectivity index (χ4v) is 5.13. The number of pyridine rings is 1. The third-order valence-electron chi connectivity index (χ3n) is 7.20. The van der Waals surface area contributed by atoms with Crippen molar-refractivity contribution in [3.8, 4) is 17.3 Å². The minimum absolute atomic E-state index is 0.250. The van der Waals surface area contributed by atoms with Crippen LogP contribution in [0.3, 0.4) is 0 Å². The number of hydrogen-bond acceptors (Lipinski definition) is 6. The Balaban J connectivity index is 1.59. The fourth-order valence-electron chi connectivity index (χ4n) is 5.13. The van der Waals surface area contributed by atoms with Gasteiger partial charge in [0.2, 0.25) is 0 Å². The minimum Gasteiger partial charge on any atom is -0.369 e. The third-order valence-corrected chi connectivity index (χ3v) is 7.20. The molecule has 1 fully saturated rings. The van der Waals surface area contributed by atoms with Crippen LogP contribution < -0.4 is 16.4 Å². The first-order valence-corrected chi connectivity index (χ1v) is 13.1. The topological polar surface area (TPSA) is 124 Å². The molecule has 9 heteroatoms. The molecule has 4 N–H and O–H groups in total. The summed E-state index contributed by atoms with van der Waals surface area (Å²) in [6.07, 6.45) is 5.68. The molecule has 0 saturated carbocycles. The van der Waals surface area contributed by atoms with Crippen molar-refractivity contribution in [2.24, 2.45) is 5.73 Å². The predicted molar refractivity (Wildman–Crippen MR) is 148 cm³/mol. The Morgan fingerprint density at radius 1 is 1.15 bits per heavy atom. The maximum atomic E-state index is 13.6. The maximum Gasteiger partial charge on any atom is 0.312 e. The molecule has 2 heterocycles. The number of halogens is 1. The zero-order chi connectivity index (χ0) is 27.7. The van der Waals surface area contributed by atoms with Crippen LogP contribution in [0.4, 0.5) is 10.2 Å². The van der Waals surface area contributed by atoms with Gasteiger partial charge in [0.05, 0.1) is 28.4 Å². The lowest BCUT2D eigenvalue weighted by Crippen LogP contribution is -2.58. The van der Waals surface area contributed by atoms with Gasteiger partial charge < -0.3 is 21.3 Å². The average Bonchev–Trinajstić information content (AvgIpc) is 2.96. The van der Waals surface area contributed by atoms with E-state index in [1.807, 2.05) is 18.5 Å². The van der Waals surface area contributed by atoms with Gasteiger partial charge in [0.25, 0.3) is 5.91 Å². The van der Waals surface area contributed by atoms with Crippen molar-refractivity contribution in [2.75, 3.05) is 31.5 Å². The lowest BCUT2D eigenvalue weighted by molar-refractivity contribution is 0.0820. The van der Waals surface area contributed by atoms with E-state index in [0.717, 1.165) is 24.8 Å². The molecule has 39 heavy (non-hydrogen) atoms. The quantitative estimate of drug-likeness (QED) is 0.349. The van der Waals surface area contributed by atoms with Crippen molar-refractivity contribution in [1.29, 1.82) is 5.26 Å². The minimum atomic E-state index is -0.575. The molecule has 1 saturated heterocycles. The van der Waals surface area contributed by atoms with Crippen LogP contribution in [0, 0.1) is 17.1 Å². The standard InChI is InChI=1S/C30H32FN6O2/c31-24-8-5-6-22(18-24)12-16-34-28-26(10-11-27(36-28)25-9-2-1-7-23(25)19-33)29(39)35-20-30(14-15-32)13-3-4-17-37(30)21-38/h1-2,5-11,18H,3-4,12-17,20,32H2,(H,34,36)(H,35,39)/t30-/m1/s1. The third kappa shape index (κ3) is 6.59. The summed E-state index contributed by atoms with van der Waals surface area (Å²) in [7, 11) is 0. The van der Waals surface area contributed by atoms with Gasteiger partial charge in [-0.25, -0.2) is 9.37 Å². The van der Waals surface area contributed by atoms with Crippen molar-refractivity contribution in [2.45, 2.75) is 37.6 Å². The van der Waals surface area contributed by atoms with Gasteiger partial charge in [-0.2, -0.15) is 5.26 Å². The van der Waals surface area contributed by atoms with Crippen LogP contribution in [0.15, 0.2) is 60.7 Å². The molecule has 2 amide bonds. The number of nitriles is 1. The van der Waals surface area contributed by atoms with Crippen molar-refractivity contribution in [3.05, 3.63) is 83.2 Å². The molecule has 3 aromatic rings. The van der Waals surface area contributed by atoms with Crippen molar-refractivity contribution < 1.29 is 14.0 Å². The molecule has 4 rings (SSSR count). The zero-order valence-electron chi connectivity index (χ0n) is 21.8. The Morgan fingerprint density at radius 3 is 2.77 bits per heavy atom. The second-order valence-electron chi connectivity index (χ2n) is 9.70. The number of piperidine rings is 1. The average molecular weight is 528 g/mol. The van der Waals surface area contributed by atoms with E-state index < -0.39 is 5.54 Å². The second kappa shape index (κ2) is 13.0. The summed E-state index contributed by atoms with van der Waals surface area (Å²) in [5, 5.41) is 15.8. The van der Waals surface area contributed by atoms with Crippen LogP contribution in [0.25, 0.3) is 11.3 Å². The van der Waals surface area contributed by atoms with Crippen LogP contribution in [0.5, 0.6) is 0 Å². The Labute approximate surface area is 228 Å². The number of amides is 2. The first-order chi connectivity index (χ1) is 19.0. The molecule has 1 aliphatic rings. The molecule has 1 aliphatic heterocycles. The number of benzene rings is 2. The first-order valence-electron chi connectivity index (χ1n) is 13.1. The number of nitrogens with one attached hydrogen (secondary N) is 2. The number of anilines is 1. The number of aromatic nitrogens is 1. The Hall–Kier alpha value is -4.29. The summed E-state index contributed by atoms with van der Waals surface area (Å²) in [5.41, 5.74) is 8.11. The van der Waals surface area contributed by atoms with E-state index in [4.69, 9.17) is 10.7 Å². The summed E-state index contributed by atoms with van der Waals surface area (Å²) in [4.78, 5) is 31.5. The van der Waals surface area contributed by atoms with Gasteiger partial charge in [-0.3, -0.25) is 9.59 Å².